The second-order valence-corrected chi connectivity index (χ2v) is 3.38. The summed E-state index contributed by atoms with van der Waals surface area (Å²) in [6.45, 7) is 5.45. The van der Waals surface area contributed by atoms with E-state index in [4.69, 9.17) is 5.11 Å². The molecule has 2 N–H and O–H groups in total. The molecule has 0 heterocycles. The lowest BCUT2D eigenvalue weighted by Crippen LogP contribution is -2.31. The number of aliphatic hydroxyl groups excluding tert-OH is 1. The predicted molar refractivity (Wildman–Crippen MR) is 46.9 cm³/mol. The van der Waals surface area contributed by atoms with Gasteiger partial charge in [-0.1, -0.05) is 20.3 Å². The average molecular weight is 174 g/mol. The lowest BCUT2D eigenvalue weighted by molar-refractivity contribution is -0.146. The van der Waals surface area contributed by atoms with Crippen molar-refractivity contribution in [3.05, 3.63) is 0 Å². The van der Waals surface area contributed by atoms with Crippen LogP contribution in [0.2, 0.25) is 0 Å². The Balaban J connectivity index is 3.99. The van der Waals surface area contributed by atoms with Gasteiger partial charge < -0.3 is 10.2 Å². The Bertz CT molecular complexity index is 145. The Hall–Kier alpha value is -0.570. The first-order chi connectivity index (χ1) is 5.50. The second kappa shape index (κ2) is 5.14. The standard InChI is InChI=1S/C9H18O3/c1-4-5-6(2)8(10)7(3)9(11)12/h6-8,10H,4-5H2,1-3H3,(H,11,12)/t6-,7+,8+/m1/s1. The normalized spacial score (nSPS) is 18.3. The van der Waals surface area contributed by atoms with E-state index >= 15 is 0 Å². The highest BCUT2D eigenvalue weighted by atomic mass is 16.4. The fourth-order valence-corrected chi connectivity index (χ4v) is 1.26. The van der Waals surface area contributed by atoms with Crippen LogP contribution in [0, 0.1) is 11.8 Å². The molecular formula is C9H18O3. The Morgan fingerprint density at radius 2 is 1.92 bits per heavy atom. The summed E-state index contributed by atoms with van der Waals surface area (Å²) in [7, 11) is 0. The molecule has 0 radical (unpaired) electrons. The molecule has 0 aliphatic carbocycles. The Labute approximate surface area is 73.4 Å². The minimum absolute atomic E-state index is 0.0705. The predicted octanol–water partition coefficient (Wildman–Crippen LogP) is 1.50. The number of hydrogen-bond donors (Lipinski definition) is 2. The van der Waals surface area contributed by atoms with E-state index in [1.165, 1.54) is 0 Å². The summed E-state index contributed by atoms with van der Waals surface area (Å²) in [4.78, 5) is 10.5. The van der Waals surface area contributed by atoms with Crippen molar-refractivity contribution in [3.63, 3.8) is 0 Å². The zero-order valence-electron chi connectivity index (χ0n) is 7.95. The first kappa shape index (κ1) is 11.4. The van der Waals surface area contributed by atoms with Gasteiger partial charge in [-0.25, -0.2) is 0 Å². The molecule has 0 saturated carbocycles. The molecule has 0 amide bonds. The summed E-state index contributed by atoms with van der Waals surface area (Å²) in [5.41, 5.74) is 0. The van der Waals surface area contributed by atoms with Gasteiger partial charge in [-0.2, -0.15) is 0 Å². The van der Waals surface area contributed by atoms with Gasteiger partial charge in [-0.05, 0) is 19.3 Å². The molecule has 12 heavy (non-hydrogen) atoms. The maximum Gasteiger partial charge on any atom is 0.308 e. The molecule has 3 atom stereocenters. The van der Waals surface area contributed by atoms with Gasteiger partial charge in [0.1, 0.15) is 0 Å². The molecule has 0 aromatic heterocycles. The monoisotopic (exact) mass is 174 g/mol. The third kappa shape index (κ3) is 3.22. The van der Waals surface area contributed by atoms with Crippen molar-refractivity contribution in [1.29, 1.82) is 0 Å². The molecule has 3 heteroatoms. The quantitative estimate of drug-likeness (QED) is 0.664. The van der Waals surface area contributed by atoms with Gasteiger partial charge in [-0.15, -0.1) is 0 Å². The molecule has 0 fully saturated rings. The third-order valence-electron chi connectivity index (χ3n) is 2.23. The summed E-state index contributed by atoms with van der Waals surface area (Å²) >= 11 is 0. The van der Waals surface area contributed by atoms with Crippen LogP contribution < -0.4 is 0 Å². The van der Waals surface area contributed by atoms with Gasteiger partial charge in [0.15, 0.2) is 0 Å². The van der Waals surface area contributed by atoms with Gasteiger partial charge in [0.05, 0.1) is 12.0 Å². The minimum Gasteiger partial charge on any atom is -0.481 e. The number of carboxylic acids is 1. The lowest BCUT2D eigenvalue weighted by Gasteiger charge is -2.21. The van der Waals surface area contributed by atoms with Gasteiger partial charge >= 0.3 is 5.97 Å². The lowest BCUT2D eigenvalue weighted by atomic mass is 9.90. The first-order valence-corrected chi connectivity index (χ1v) is 4.41. The second-order valence-electron chi connectivity index (χ2n) is 3.38. The highest BCUT2D eigenvalue weighted by Gasteiger charge is 2.25. The van der Waals surface area contributed by atoms with Crippen LogP contribution in [0.1, 0.15) is 33.6 Å². The highest BCUT2D eigenvalue weighted by molar-refractivity contribution is 5.70. The zero-order chi connectivity index (χ0) is 9.72. The number of carboxylic acid groups (broad SMARTS) is 1. The summed E-state index contributed by atoms with van der Waals surface area (Å²) in [6, 6.07) is 0. The van der Waals surface area contributed by atoms with Crippen molar-refractivity contribution in [1.82, 2.24) is 0 Å². The molecule has 0 bridgehead atoms. The third-order valence-corrected chi connectivity index (χ3v) is 2.23. The van der Waals surface area contributed by atoms with Crippen LogP contribution in [0.4, 0.5) is 0 Å². The first-order valence-electron chi connectivity index (χ1n) is 4.41. The van der Waals surface area contributed by atoms with Gasteiger partial charge in [-0.3, -0.25) is 4.79 Å². The Morgan fingerprint density at radius 1 is 1.42 bits per heavy atom. The van der Waals surface area contributed by atoms with E-state index in [1.807, 2.05) is 13.8 Å². The number of rotatable bonds is 5. The molecule has 0 spiro atoms. The van der Waals surface area contributed by atoms with Gasteiger partial charge in [0.25, 0.3) is 0 Å². The van der Waals surface area contributed by atoms with Crippen LogP contribution in [-0.2, 0) is 4.79 Å². The molecule has 72 valence electrons. The van der Waals surface area contributed by atoms with Crippen molar-refractivity contribution in [2.24, 2.45) is 11.8 Å². The molecule has 0 aliphatic rings. The highest BCUT2D eigenvalue weighted by Crippen LogP contribution is 2.17. The van der Waals surface area contributed by atoms with E-state index in [1.54, 1.807) is 6.92 Å². The zero-order valence-corrected chi connectivity index (χ0v) is 7.95. The maximum atomic E-state index is 10.5. The molecule has 0 saturated heterocycles. The molecule has 0 unspecified atom stereocenters. The van der Waals surface area contributed by atoms with Crippen molar-refractivity contribution < 1.29 is 15.0 Å². The molecular weight excluding hydrogens is 156 g/mol. The van der Waals surface area contributed by atoms with Crippen molar-refractivity contribution in [2.45, 2.75) is 39.7 Å². The van der Waals surface area contributed by atoms with Crippen LogP contribution in [0.25, 0.3) is 0 Å². The van der Waals surface area contributed by atoms with Crippen LogP contribution in [-0.4, -0.2) is 22.3 Å². The minimum atomic E-state index is -0.926. The van der Waals surface area contributed by atoms with E-state index in [0.29, 0.717) is 0 Å². The largest absolute Gasteiger partial charge is 0.481 e. The van der Waals surface area contributed by atoms with E-state index in [2.05, 4.69) is 0 Å². The Morgan fingerprint density at radius 3 is 2.25 bits per heavy atom. The number of carbonyl (C=O) groups is 1. The van der Waals surface area contributed by atoms with Crippen molar-refractivity contribution in [2.75, 3.05) is 0 Å². The summed E-state index contributed by atoms with van der Waals surface area (Å²) in [6.07, 6.45) is 1.13. The number of aliphatic hydroxyl groups is 1. The van der Waals surface area contributed by atoms with Crippen LogP contribution >= 0.6 is 0 Å². The van der Waals surface area contributed by atoms with E-state index in [0.717, 1.165) is 12.8 Å². The van der Waals surface area contributed by atoms with Crippen molar-refractivity contribution >= 4 is 5.97 Å². The molecule has 0 rings (SSSR count). The van der Waals surface area contributed by atoms with E-state index < -0.39 is 18.0 Å². The average Bonchev–Trinajstić information content (AvgIpc) is 2.02. The summed E-state index contributed by atoms with van der Waals surface area (Å²) < 4.78 is 0. The topological polar surface area (TPSA) is 57.5 Å². The fourth-order valence-electron chi connectivity index (χ4n) is 1.26. The summed E-state index contributed by atoms with van der Waals surface area (Å²) in [5.74, 6) is -1.52. The van der Waals surface area contributed by atoms with Gasteiger partial charge in [0, 0.05) is 0 Å². The molecule has 3 nitrogen and oxygen atoms in total. The van der Waals surface area contributed by atoms with E-state index in [9.17, 15) is 9.90 Å². The van der Waals surface area contributed by atoms with Crippen LogP contribution in [0.3, 0.4) is 0 Å². The SMILES string of the molecule is CCC[C@@H](C)[C@H](O)[C@H](C)C(=O)O. The van der Waals surface area contributed by atoms with Crippen molar-refractivity contribution in [3.8, 4) is 0 Å². The molecule has 0 aliphatic heterocycles. The van der Waals surface area contributed by atoms with E-state index in [-0.39, 0.29) is 5.92 Å². The van der Waals surface area contributed by atoms with Crippen LogP contribution in [0.15, 0.2) is 0 Å². The fraction of sp³-hybridized carbons (Fsp3) is 0.889. The smallest absolute Gasteiger partial charge is 0.308 e. The maximum absolute atomic E-state index is 10.5. The molecule has 0 aromatic rings. The van der Waals surface area contributed by atoms with Gasteiger partial charge in [0.2, 0.25) is 0 Å². The molecule has 0 aromatic carbocycles. The number of aliphatic carboxylic acids is 1. The number of hydrogen-bond acceptors (Lipinski definition) is 2. The van der Waals surface area contributed by atoms with Crippen LogP contribution in [0.5, 0.6) is 0 Å². The Kier molecular flexibility index (Phi) is 4.90. The summed E-state index contributed by atoms with van der Waals surface area (Å²) in [5, 5.41) is 18.1.